The number of anilines is 1. The summed E-state index contributed by atoms with van der Waals surface area (Å²) in [7, 11) is 1.67. The molecule has 0 heterocycles. The Morgan fingerprint density at radius 2 is 1.75 bits per heavy atom. The van der Waals surface area contributed by atoms with Crippen LogP contribution in [-0.2, 0) is 4.79 Å². The summed E-state index contributed by atoms with van der Waals surface area (Å²) in [5, 5.41) is 3.60. The predicted molar refractivity (Wildman–Crippen MR) is 97.4 cm³/mol. The molecule has 0 aromatic heterocycles. The molecule has 24 heavy (non-hydrogen) atoms. The van der Waals surface area contributed by atoms with Crippen LogP contribution >= 0.6 is 0 Å². The third kappa shape index (κ3) is 3.97. The summed E-state index contributed by atoms with van der Waals surface area (Å²) in [6.07, 6.45) is 4.98. The molecule has 0 aliphatic heterocycles. The van der Waals surface area contributed by atoms with Crippen molar-refractivity contribution in [1.29, 1.82) is 0 Å². The highest BCUT2D eigenvalue weighted by atomic mass is 16.5. The van der Waals surface area contributed by atoms with Crippen molar-refractivity contribution in [3.63, 3.8) is 0 Å². The molecule has 2 unspecified atom stereocenters. The molecule has 1 N–H and O–H groups in total. The lowest BCUT2D eigenvalue weighted by Crippen LogP contribution is -2.27. The van der Waals surface area contributed by atoms with Crippen LogP contribution in [0.3, 0.4) is 0 Å². The summed E-state index contributed by atoms with van der Waals surface area (Å²) >= 11 is 0. The van der Waals surface area contributed by atoms with Crippen molar-refractivity contribution in [2.75, 3.05) is 12.4 Å². The number of methoxy groups -OCH3 is 1. The van der Waals surface area contributed by atoms with Crippen molar-refractivity contribution in [2.45, 2.75) is 38.1 Å². The Morgan fingerprint density at radius 3 is 2.46 bits per heavy atom. The van der Waals surface area contributed by atoms with Crippen LogP contribution in [0.2, 0.25) is 0 Å². The summed E-state index contributed by atoms with van der Waals surface area (Å²) in [5.74, 6) is 1.27. The molecule has 1 saturated carbocycles. The van der Waals surface area contributed by atoms with Crippen LogP contribution in [0.1, 0.15) is 43.7 Å². The van der Waals surface area contributed by atoms with E-state index in [1.54, 1.807) is 7.11 Å². The second-order valence-corrected chi connectivity index (χ2v) is 6.43. The monoisotopic (exact) mass is 323 g/mol. The molecule has 1 aliphatic rings. The molecular weight excluding hydrogens is 298 g/mol. The maximum Gasteiger partial charge on any atom is 0.138 e. The van der Waals surface area contributed by atoms with E-state index in [4.69, 9.17) is 4.74 Å². The first-order valence-corrected chi connectivity index (χ1v) is 8.76. The predicted octanol–water partition coefficient (Wildman–Crippen LogP) is 5.00. The van der Waals surface area contributed by atoms with Crippen molar-refractivity contribution < 1.29 is 9.53 Å². The highest BCUT2D eigenvalue weighted by Crippen LogP contribution is 2.34. The number of ketones is 1. The van der Waals surface area contributed by atoms with E-state index in [1.807, 2.05) is 42.5 Å². The first kappa shape index (κ1) is 16.6. The Morgan fingerprint density at radius 1 is 1.00 bits per heavy atom. The van der Waals surface area contributed by atoms with Crippen molar-refractivity contribution in [3.05, 3.63) is 60.2 Å². The van der Waals surface area contributed by atoms with Gasteiger partial charge in [0.2, 0.25) is 0 Å². The summed E-state index contributed by atoms with van der Waals surface area (Å²) < 4.78 is 5.23. The van der Waals surface area contributed by atoms with Gasteiger partial charge in [0, 0.05) is 18.0 Å². The first-order chi connectivity index (χ1) is 11.8. The third-order valence-corrected chi connectivity index (χ3v) is 4.83. The summed E-state index contributed by atoms with van der Waals surface area (Å²) in [6, 6.07) is 18.2. The van der Waals surface area contributed by atoms with Crippen LogP contribution in [0.25, 0.3) is 0 Å². The SMILES string of the molecule is COc1ccc(NC(c2ccccc2)C2CCCCCC2=O)cc1. The van der Waals surface area contributed by atoms with Gasteiger partial charge in [-0.1, -0.05) is 43.2 Å². The van der Waals surface area contributed by atoms with Gasteiger partial charge in [0.15, 0.2) is 0 Å². The Balaban J connectivity index is 1.87. The average molecular weight is 323 g/mol. The lowest BCUT2D eigenvalue weighted by Gasteiger charge is -2.28. The Labute approximate surface area is 144 Å². The van der Waals surface area contributed by atoms with Gasteiger partial charge in [0.1, 0.15) is 11.5 Å². The Kier molecular flexibility index (Phi) is 5.52. The maximum atomic E-state index is 12.7. The maximum absolute atomic E-state index is 12.7. The molecule has 2 aromatic rings. The van der Waals surface area contributed by atoms with Crippen LogP contribution < -0.4 is 10.1 Å². The average Bonchev–Trinajstić information content (AvgIpc) is 2.85. The molecule has 3 rings (SSSR count). The van der Waals surface area contributed by atoms with E-state index in [2.05, 4.69) is 17.4 Å². The normalized spacial score (nSPS) is 19.4. The standard InChI is InChI=1S/C21H25NO2/c1-24-18-14-12-17(13-15-18)22-21(16-8-4-2-5-9-16)19-10-6-3-7-11-20(19)23/h2,4-5,8-9,12-15,19,21-22H,3,6-7,10-11H2,1H3. The van der Waals surface area contributed by atoms with Gasteiger partial charge >= 0.3 is 0 Å². The number of benzene rings is 2. The van der Waals surface area contributed by atoms with Gasteiger partial charge in [-0.05, 0) is 42.7 Å². The van der Waals surface area contributed by atoms with Gasteiger partial charge in [-0.3, -0.25) is 4.79 Å². The van der Waals surface area contributed by atoms with Gasteiger partial charge in [-0.25, -0.2) is 0 Å². The number of carbonyl (C=O) groups is 1. The Hall–Kier alpha value is -2.29. The highest BCUT2D eigenvalue weighted by molar-refractivity contribution is 5.82. The molecule has 0 amide bonds. The van der Waals surface area contributed by atoms with E-state index >= 15 is 0 Å². The van der Waals surface area contributed by atoms with Crippen LogP contribution in [0.15, 0.2) is 54.6 Å². The number of nitrogens with one attached hydrogen (secondary N) is 1. The highest BCUT2D eigenvalue weighted by Gasteiger charge is 2.30. The molecule has 3 nitrogen and oxygen atoms in total. The Bertz CT molecular complexity index is 651. The van der Waals surface area contributed by atoms with E-state index in [0.717, 1.165) is 37.1 Å². The van der Waals surface area contributed by atoms with Gasteiger partial charge in [-0.15, -0.1) is 0 Å². The zero-order chi connectivity index (χ0) is 16.8. The van der Waals surface area contributed by atoms with Gasteiger partial charge < -0.3 is 10.1 Å². The quantitative estimate of drug-likeness (QED) is 0.787. The molecule has 2 atom stereocenters. The van der Waals surface area contributed by atoms with Crippen molar-refractivity contribution in [2.24, 2.45) is 5.92 Å². The van der Waals surface area contributed by atoms with Gasteiger partial charge in [-0.2, -0.15) is 0 Å². The summed E-state index contributed by atoms with van der Waals surface area (Å²) in [6.45, 7) is 0. The summed E-state index contributed by atoms with van der Waals surface area (Å²) in [4.78, 5) is 12.7. The summed E-state index contributed by atoms with van der Waals surface area (Å²) in [5.41, 5.74) is 2.19. The largest absolute Gasteiger partial charge is 0.497 e. The fourth-order valence-corrected chi connectivity index (χ4v) is 3.48. The minimum atomic E-state index is 0.0187. The molecule has 1 aliphatic carbocycles. The second kappa shape index (κ2) is 8.00. The number of carbonyl (C=O) groups excluding carboxylic acids is 1. The molecule has 3 heteroatoms. The number of hydrogen-bond acceptors (Lipinski definition) is 3. The lowest BCUT2D eigenvalue weighted by atomic mass is 9.86. The van der Waals surface area contributed by atoms with E-state index in [-0.39, 0.29) is 12.0 Å². The number of ether oxygens (including phenoxy) is 1. The number of Topliss-reactive ketones (excluding diaryl/α,β-unsaturated/α-hetero) is 1. The zero-order valence-electron chi connectivity index (χ0n) is 14.2. The minimum Gasteiger partial charge on any atom is -0.497 e. The van der Waals surface area contributed by atoms with Crippen LogP contribution in [0.5, 0.6) is 5.75 Å². The topological polar surface area (TPSA) is 38.3 Å². The fourth-order valence-electron chi connectivity index (χ4n) is 3.48. The van der Waals surface area contributed by atoms with Gasteiger partial charge in [0.25, 0.3) is 0 Å². The number of rotatable bonds is 5. The second-order valence-electron chi connectivity index (χ2n) is 6.43. The smallest absolute Gasteiger partial charge is 0.138 e. The molecule has 0 bridgehead atoms. The first-order valence-electron chi connectivity index (χ1n) is 8.76. The van der Waals surface area contributed by atoms with E-state index in [0.29, 0.717) is 12.2 Å². The van der Waals surface area contributed by atoms with E-state index < -0.39 is 0 Å². The molecule has 126 valence electrons. The molecule has 0 saturated heterocycles. The molecule has 0 spiro atoms. The van der Waals surface area contributed by atoms with E-state index in [9.17, 15) is 4.79 Å². The molecule has 2 aromatic carbocycles. The fraction of sp³-hybridized carbons (Fsp3) is 0.381. The lowest BCUT2D eigenvalue weighted by molar-refractivity contribution is -0.123. The minimum absolute atomic E-state index is 0.0187. The molecular formula is C21H25NO2. The van der Waals surface area contributed by atoms with Crippen LogP contribution in [0, 0.1) is 5.92 Å². The van der Waals surface area contributed by atoms with Crippen molar-refractivity contribution in [1.82, 2.24) is 0 Å². The van der Waals surface area contributed by atoms with Crippen LogP contribution in [0.4, 0.5) is 5.69 Å². The van der Waals surface area contributed by atoms with Crippen molar-refractivity contribution in [3.8, 4) is 5.75 Å². The van der Waals surface area contributed by atoms with Gasteiger partial charge in [0.05, 0.1) is 13.2 Å². The number of hydrogen-bond donors (Lipinski definition) is 1. The zero-order valence-corrected chi connectivity index (χ0v) is 14.2. The molecule has 0 radical (unpaired) electrons. The van der Waals surface area contributed by atoms with Crippen LogP contribution in [-0.4, -0.2) is 12.9 Å². The third-order valence-electron chi connectivity index (χ3n) is 4.83. The molecule has 1 fully saturated rings. The van der Waals surface area contributed by atoms with E-state index in [1.165, 1.54) is 5.56 Å². The van der Waals surface area contributed by atoms with Crippen molar-refractivity contribution >= 4 is 11.5 Å².